The topological polar surface area (TPSA) is 97.4 Å². The zero-order valence-electron chi connectivity index (χ0n) is 16.2. The van der Waals surface area contributed by atoms with Crippen molar-refractivity contribution in [2.24, 2.45) is 0 Å². The number of piperidine rings is 1. The molecule has 0 bridgehead atoms. The first-order valence-electron chi connectivity index (χ1n) is 9.27. The van der Waals surface area contributed by atoms with Crippen molar-refractivity contribution in [2.45, 2.75) is 52.1 Å². The normalized spacial score (nSPS) is 15.8. The van der Waals surface area contributed by atoms with Gasteiger partial charge in [-0.1, -0.05) is 0 Å². The van der Waals surface area contributed by atoms with Gasteiger partial charge in [-0.25, -0.2) is 9.78 Å². The number of likely N-dealkylation sites (tertiary alicyclic amines) is 1. The van der Waals surface area contributed by atoms with E-state index in [-0.39, 0.29) is 23.6 Å². The molecule has 1 amide bonds. The maximum absolute atomic E-state index is 12.5. The summed E-state index contributed by atoms with van der Waals surface area (Å²) in [6, 6.07) is 2.09. The Bertz CT molecular complexity index is 879. The van der Waals surface area contributed by atoms with E-state index in [1.54, 1.807) is 11.1 Å². The van der Waals surface area contributed by atoms with Crippen LogP contribution in [0.25, 0.3) is 11.0 Å². The number of rotatable bonds is 3. The Morgan fingerprint density at radius 3 is 2.67 bits per heavy atom. The predicted octanol–water partition coefficient (Wildman–Crippen LogP) is 2.83. The molecule has 3 rings (SSSR count). The molecule has 8 heteroatoms. The van der Waals surface area contributed by atoms with Crippen LogP contribution in [0.2, 0.25) is 0 Å². The van der Waals surface area contributed by atoms with Crippen LogP contribution in [0.1, 0.15) is 52.0 Å². The standard InChI is InChI=1S/C19H26N4O4/c1-5-26-17-20-11-13-10-14(16(24)21-15(13)22-17)12-6-8-23(9-7-12)18(25)27-19(2,3)4/h10-12H,5-9H2,1-4H3,(H,20,21,22,24). The van der Waals surface area contributed by atoms with Gasteiger partial charge in [0.2, 0.25) is 0 Å². The molecule has 1 N–H and O–H groups in total. The number of aromatic amines is 1. The second-order valence-electron chi connectivity index (χ2n) is 7.69. The van der Waals surface area contributed by atoms with E-state index >= 15 is 0 Å². The summed E-state index contributed by atoms with van der Waals surface area (Å²) in [5.41, 5.74) is 0.510. The number of H-pyrrole nitrogens is 1. The summed E-state index contributed by atoms with van der Waals surface area (Å²) in [7, 11) is 0. The van der Waals surface area contributed by atoms with E-state index in [4.69, 9.17) is 9.47 Å². The van der Waals surface area contributed by atoms with Crippen LogP contribution in [-0.4, -0.2) is 51.2 Å². The van der Waals surface area contributed by atoms with Gasteiger partial charge in [0.1, 0.15) is 11.2 Å². The van der Waals surface area contributed by atoms with Crippen molar-refractivity contribution < 1.29 is 14.3 Å². The first kappa shape index (κ1) is 19.1. The fourth-order valence-corrected chi connectivity index (χ4v) is 3.19. The first-order chi connectivity index (χ1) is 12.8. The molecule has 0 spiro atoms. The van der Waals surface area contributed by atoms with Gasteiger partial charge in [-0.15, -0.1) is 0 Å². The average molecular weight is 374 g/mol. The van der Waals surface area contributed by atoms with Crippen LogP contribution < -0.4 is 10.3 Å². The van der Waals surface area contributed by atoms with E-state index in [1.807, 2.05) is 33.8 Å². The molecule has 146 valence electrons. The lowest BCUT2D eigenvalue weighted by molar-refractivity contribution is 0.0204. The van der Waals surface area contributed by atoms with Gasteiger partial charge in [0.05, 0.1) is 6.61 Å². The molecule has 0 radical (unpaired) electrons. The number of hydrogen-bond donors (Lipinski definition) is 1. The van der Waals surface area contributed by atoms with Gasteiger partial charge in [-0.2, -0.15) is 4.98 Å². The number of nitrogens with zero attached hydrogens (tertiary/aromatic N) is 3. The first-order valence-corrected chi connectivity index (χ1v) is 9.27. The van der Waals surface area contributed by atoms with Crippen LogP contribution in [0.5, 0.6) is 6.01 Å². The summed E-state index contributed by atoms with van der Waals surface area (Å²) < 4.78 is 10.7. The highest BCUT2D eigenvalue weighted by molar-refractivity contribution is 5.74. The second kappa shape index (κ2) is 7.54. The Hall–Kier alpha value is -2.64. The van der Waals surface area contributed by atoms with Crippen molar-refractivity contribution in [2.75, 3.05) is 19.7 Å². The minimum absolute atomic E-state index is 0.0865. The molecule has 0 atom stereocenters. The highest BCUT2D eigenvalue weighted by atomic mass is 16.6. The maximum atomic E-state index is 12.5. The van der Waals surface area contributed by atoms with Gasteiger partial charge in [0.15, 0.2) is 0 Å². The summed E-state index contributed by atoms with van der Waals surface area (Å²) in [5.74, 6) is 0.0865. The van der Waals surface area contributed by atoms with E-state index in [2.05, 4.69) is 15.0 Å². The zero-order valence-corrected chi connectivity index (χ0v) is 16.2. The summed E-state index contributed by atoms with van der Waals surface area (Å²) in [5, 5.41) is 0.766. The lowest BCUT2D eigenvalue weighted by atomic mass is 9.90. The molecule has 0 saturated carbocycles. The van der Waals surface area contributed by atoms with Crippen molar-refractivity contribution in [1.29, 1.82) is 0 Å². The fourth-order valence-electron chi connectivity index (χ4n) is 3.19. The van der Waals surface area contributed by atoms with Crippen LogP contribution in [0.3, 0.4) is 0 Å². The molecule has 1 aliphatic heterocycles. The number of pyridine rings is 1. The van der Waals surface area contributed by atoms with Crippen LogP contribution >= 0.6 is 0 Å². The molecule has 0 unspecified atom stereocenters. The molecule has 0 aromatic carbocycles. The largest absolute Gasteiger partial charge is 0.464 e. The second-order valence-corrected chi connectivity index (χ2v) is 7.69. The molecule has 1 saturated heterocycles. The molecule has 8 nitrogen and oxygen atoms in total. The van der Waals surface area contributed by atoms with Crippen LogP contribution in [0.4, 0.5) is 4.79 Å². The molecular weight excluding hydrogens is 348 g/mol. The fraction of sp³-hybridized carbons (Fsp3) is 0.579. The summed E-state index contributed by atoms with van der Waals surface area (Å²) in [4.78, 5) is 37.6. The van der Waals surface area contributed by atoms with Crippen molar-refractivity contribution in [3.63, 3.8) is 0 Å². The van der Waals surface area contributed by atoms with E-state index in [0.717, 1.165) is 5.39 Å². The van der Waals surface area contributed by atoms with Gasteiger partial charge in [0, 0.05) is 30.2 Å². The monoisotopic (exact) mass is 374 g/mol. The SMILES string of the molecule is CCOc1ncc2cc(C3CCN(C(=O)OC(C)(C)C)CC3)c(=O)[nH]c2n1. The van der Waals surface area contributed by atoms with E-state index in [0.29, 0.717) is 43.7 Å². The highest BCUT2D eigenvalue weighted by Crippen LogP contribution is 2.28. The van der Waals surface area contributed by atoms with Gasteiger partial charge < -0.3 is 19.4 Å². The van der Waals surface area contributed by atoms with Crippen molar-refractivity contribution in [1.82, 2.24) is 19.9 Å². The summed E-state index contributed by atoms with van der Waals surface area (Å²) in [6.07, 6.45) is 2.78. The van der Waals surface area contributed by atoms with Crippen molar-refractivity contribution in [3.05, 3.63) is 28.2 Å². The number of carbonyl (C=O) groups excluding carboxylic acids is 1. The molecule has 27 heavy (non-hydrogen) atoms. The number of hydrogen-bond acceptors (Lipinski definition) is 6. The Balaban J connectivity index is 1.73. The lowest BCUT2D eigenvalue weighted by Gasteiger charge is -2.33. The molecule has 2 aromatic heterocycles. The zero-order chi connectivity index (χ0) is 19.6. The maximum Gasteiger partial charge on any atom is 0.410 e. The van der Waals surface area contributed by atoms with Gasteiger partial charge >= 0.3 is 12.1 Å². The van der Waals surface area contributed by atoms with Gasteiger partial charge in [-0.05, 0) is 52.5 Å². The predicted molar refractivity (Wildman–Crippen MR) is 101 cm³/mol. The Labute approximate surface area is 157 Å². The number of carbonyl (C=O) groups is 1. The third kappa shape index (κ3) is 4.56. The molecule has 2 aromatic rings. The third-order valence-corrected chi connectivity index (χ3v) is 4.46. The highest BCUT2D eigenvalue weighted by Gasteiger charge is 2.28. The van der Waals surface area contributed by atoms with E-state index in [1.165, 1.54) is 0 Å². The smallest absolute Gasteiger partial charge is 0.410 e. The quantitative estimate of drug-likeness (QED) is 0.887. The summed E-state index contributed by atoms with van der Waals surface area (Å²) >= 11 is 0. The van der Waals surface area contributed by atoms with Gasteiger partial charge in [-0.3, -0.25) is 4.79 Å². The minimum atomic E-state index is -0.510. The molecule has 1 aliphatic rings. The Morgan fingerprint density at radius 1 is 1.33 bits per heavy atom. The minimum Gasteiger partial charge on any atom is -0.464 e. The number of aromatic nitrogens is 3. The Morgan fingerprint density at radius 2 is 2.04 bits per heavy atom. The Kier molecular flexibility index (Phi) is 5.34. The molecule has 0 aliphatic carbocycles. The van der Waals surface area contributed by atoms with Crippen LogP contribution in [-0.2, 0) is 4.74 Å². The van der Waals surface area contributed by atoms with Crippen molar-refractivity contribution in [3.8, 4) is 6.01 Å². The van der Waals surface area contributed by atoms with E-state index in [9.17, 15) is 9.59 Å². The number of fused-ring (bicyclic) bond motifs is 1. The number of nitrogens with one attached hydrogen (secondary N) is 1. The number of ether oxygens (including phenoxy) is 2. The van der Waals surface area contributed by atoms with Crippen LogP contribution in [0.15, 0.2) is 17.1 Å². The van der Waals surface area contributed by atoms with E-state index < -0.39 is 5.60 Å². The van der Waals surface area contributed by atoms with Crippen LogP contribution in [0, 0.1) is 0 Å². The third-order valence-electron chi connectivity index (χ3n) is 4.46. The molecule has 1 fully saturated rings. The molecule has 3 heterocycles. The molecular formula is C19H26N4O4. The number of amides is 1. The average Bonchev–Trinajstić information content (AvgIpc) is 2.60. The van der Waals surface area contributed by atoms with Crippen molar-refractivity contribution >= 4 is 17.1 Å². The lowest BCUT2D eigenvalue weighted by Crippen LogP contribution is -2.41. The van der Waals surface area contributed by atoms with Gasteiger partial charge in [0.25, 0.3) is 5.56 Å². The summed E-state index contributed by atoms with van der Waals surface area (Å²) in [6.45, 7) is 9.00.